The van der Waals surface area contributed by atoms with Crippen molar-refractivity contribution < 1.29 is 14.3 Å². The van der Waals surface area contributed by atoms with Gasteiger partial charge >= 0.3 is 0 Å². The maximum absolute atomic E-state index is 12.1. The zero-order chi connectivity index (χ0) is 28.5. The van der Waals surface area contributed by atoms with E-state index in [0.29, 0.717) is 12.2 Å². The number of rotatable bonds is 6. The number of alkyl halides is 1. The molecular formula is C32H52FNO2. The Labute approximate surface area is 221 Å². The fourth-order valence-electron chi connectivity index (χ4n) is 3.73. The van der Waals surface area contributed by atoms with Gasteiger partial charge in [0.15, 0.2) is 0 Å². The topological polar surface area (TPSA) is 63.3 Å². The van der Waals surface area contributed by atoms with Crippen molar-refractivity contribution in [3.8, 4) is 0 Å². The molecule has 1 fully saturated rings. The summed E-state index contributed by atoms with van der Waals surface area (Å²) in [5.74, 6) is 1.41. The zero-order valence-electron chi connectivity index (χ0n) is 24.4. The van der Waals surface area contributed by atoms with E-state index in [1.807, 2.05) is 26.8 Å². The van der Waals surface area contributed by atoms with Crippen LogP contribution in [0.5, 0.6) is 0 Å². The van der Waals surface area contributed by atoms with E-state index in [9.17, 15) is 9.50 Å². The van der Waals surface area contributed by atoms with Gasteiger partial charge in [-0.2, -0.15) is 0 Å². The van der Waals surface area contributed by atoms with Crippen LogP contribution in [0.3, 0.4) is 0 Å². The van der Waals surface area contributed by atoms with Crippen LogP contribution in [0.25, 0.3) is 12.2 Å². The third-order valence-corrected chi connectivity index (χ3v) is 6.16. The normalized spacial score (nSPS) is 16.2. The zero-order valence-corrected chi connectivity index (χ0v) is 24.4. The first-order valence-electron chi connectivity index (χ1n) is 13.2. The van der Waals surface area contributed by atoms with Gasteiger partial charge in [0, 0.05) is 5.92 Å². The number of halogens is 1. The van der Waals surface area contributed by atoms with Gasteiger partial charge in [0.2, 0.25) is 0 Å². The van der Waals surface area contributed by atoms with Crippen LogP contribution in [-0.4, -0.2) is 24.1 Å². The third-order valence-electron chi connectivity index (χ3n) is 6.16. The number of hydrogen-bond acceptors (Lipinski definition) is 3. The van der Waals surface area contributed by atoms with Crippen LogP contribution < -0.4 is 5.73 Å². The lowest BCUT2D eigenvalue weighted by molar-refractivity contribution is -0.106. The predicted octanol–water partition coefficient (Wildman–Crippen LogP) is 8.74. The number of aliphatic hydroxyl groups is 1. The van der Waals surface area contributed by atoms with Crippen molar-refractivity contribution in [2.75, 3.05) is 7.05 Å². The Balaban J connectivity index is 0. The first-order valence-corrected chi connectivity index (χ1v) is 13.2. The van der Waals surface area contributed by atoms with Crippen molar-refractivity contribution in [3.05, 3.63) is 70.5 Å². The van der Waals surface area contributed by atoms with E-state index in [1.165, 1.54) is 60.2 Å². The molecule has 4 heteroatoms. The summed E-state index contributed by atoms with van der Waals surface area (Å²) in [4.78, 5) is 8.81. The Kier molecular flexibility index (Phi) is 18.6. The molecule has 3 nitrogen and oxygen atoms in total. The average Bonchev–Trinajstić information content (AvgIpc) is 3.63. The molecule has 3 rings (SSSR count). The van der Waals surface area contributed by atoms with E-state index in [4.69, 9.17) is 4.79 Å². The van der Waals surface area contributed by atoms with Crippen molar-refractivity contribution in [3.63, 3.8) is 0 Å². The van der Waals surface area contributed by atoms with Crippen LogP contribution in [0.15, 0.2) is 42.7 Å². The molecule has 204 valence electrons. The first-order chi connectivity index (χ1) is 17.0. The fourth-order valence-corrected chi connectivity index (χ4v) is 3.73. The largest absolute Gasteiger partial charge is 0.512 e. The van der Waals surface area contributed by atoms with Gasteiger partial charge in [-0.25, -0.2) is 4.39 Å². The van der Waals surface area contributed by atoms with Crippen molar-refractivity contribution >= 4 is 18.4 Å². The standard InChI is InChI=1S/C22H26O.C5H11F.C2H4O.C2H6.CH5N/c1-5-7-22(23)19-12-18-11-16(6-2)20(15(4)21(18)13-19)10-14(3)17-8-9-17;1-4-5(2,3)6;1-2-3;2*1-2/h5-7,10-11,17,19,23H,1-2,8-9,12-13H2,3-4H3;4H2,1-3H3;2H,1H3;1-2H3;2H2,1H3/b14-10+,22-7-;;;;. The van der Waals surface area contributed by atoms with Gasteiger partial charge in [0.05, 0.1) is 5.76 Å². The summed E-state index contributed by atoms with van der Waals surface area (Å²) in [6.45, 7) is 22.6. The van der Waals surface area contributed by atoms with Crippen LogP contribution >= 0.6 is 0 Å². The minimum absolute atomic E-state index is 0.183. The summed E-state index contributed by atoms with van der Waals surface area (Å²) in [5, 5.41) is 10.2. The van der Waals surface area contributed by atoms with Crippen molar-refractivity contribution in [1.82, 2.24) is 0 Å². The van der Waals surface area contributed by atoms with E-state index in [-0.39, 0.29) is 5.92 Å². The van der Waals surface area contributed by atoms with E-state index < -0.39 is 5.67 Å². The summed E-state index contributed by atoms with van der Waals surface area (Å²) in [7, 11) is 1.50. The number of fused-ring (bicyclic) bond motifs is 1. The second-order valence-electron chi connectivity index (χ2n) is 9.25. The minimum Gasteiger partial charge on any atom is -0.512 e. The third kappa shape index (κ3) is 12.5. The second-order valence-corrected chi connectivity index (χ2v) is 9.25. The van der Waals surface area contributed by atoms with Crippen molar-refractivity contribution in [2.24, 2.45) is 17.6 Å². The number of carbonyl (C=O) groups excluding carboxylic acids is 1. The maximum atomic E-state index is 12.1. The lowest BCUT2D eigenvalue weighted by Gasteiger charge is -2.13. The van der Waals surface area contributed by atoms with E-state index in [0.717, 1.165) is 25.0 Å². The Morgan fingerprint density at radius 3 is 2.08 bits per heavy atom. The number of hydrogen-bond donors (Lipinski definition) is 2. The summed E-state index contributed by atoms with van der Waals surface area (Å²) in [5.41, 5.74) is 11.7. The van der Waals surface area contributed by atoms with E-state index in [1.54, 1.807) is 26.0 Å². The number of nitrogens with two attached hydrogens (primary N) is 1. The molecular weight excluding hydrogens is 449 g/mol. The molecule has 1 aromatic carbocycles. The molecule has 0 heterocycles. The minimum atomic E-state index is -0.958. The summed E-state index contributed by atoms with van der Waals surface area (Å²) in [6, 6.07) is 2.27. The van der Waals surface area contributed by atoms with Gasteiger partial charge in [0.1, 0.15) is 12.0 Å². The molecule has 3 N–H and O–H groups in total. The summed E-state index contributed by atoms with van der Waals surface area (Å²) >= 11 is 0. The van der Waals surface area contributed by atoms with Gasteiger partial charge in [-0.3, -0.25) is 0 Å². The quantitative estimate of drug-likeness (QED) is 0.233. The Hall–Kier alpha value is -2.46. The number of allylic oxidation sites excluding steroid dienone is 4. The monoisotopic (exact) mass is 501 g/mol. The van der Waals surface area contributed by atoms with Crippen LogP contribution in [0.2, 0.25) is 0 Å². The highest BCUT2D eigenvalue weighted by Gasteiger charge is 2.28. The maximum Gasteiger partial charge on any atom is 0.116 e. The molecule has 1 saturated carbocycles. The fraction of sp³-hybridized carbons (Fsp3) is 0.531. The van der Waals surface area contributed by atoms with Crippen LogP contribution in [-0.2, 0) is 17.6 Å². The molecule has 36 heavy (non-hydrogen) atoms. The van der Waals surface area contributed by atoms with Crippen LogP contribution in [0.4, 0.5) is 4.39 Å². The molecule has 1 unspecified atom stereocenters. The van der Waals surface area contributed by atoms with Crippen LogP contribution in [0, 0.1) is 18.8 Å². The summed E-state index contributed by atoms with van der Waals surface area (Å²) < 4.78 is 12.1. The molecule has 0 spiro atoms. The van der Waals surface area contributed by atoms with Gasteiger partial charge in [-0.05, 0) is 114 Å². The van der Waals surface area contributed by atoms with E-state index >= 15 is 0 Å². The van der Waals surface area contributed by atoms with Gasteiger partial charge in [-0.15, -0.1) is 0 Å². The molecule has 0 radical (unpaired) electrons. The molecule has 0 bridgehead atoms. The van der Waals surface area contributed by atoms with Gasteiger partial charge < -0.3 is 15.6 Å². The second kappa shape index (κ2) is 18.8. The Bertz CT molecular complexity index is 871. The number of benzene rings is 1. The Morgan fingerprint density at radius 2 is 1.69 bits per heavy atom. The molecule has 1 atom stereocenters. The van der Waals surface area contributed by atoms with Crippen molar-refractivity contribution in [2.45, 2.75) is 93.2 Å². The van der Waals surface area contributed by atoms with Gasteiger partial charge in [-0.1, -0.05) is 63.8 Å². The molecule has 2 aliphatic carbocycles. The number of carbonyl (C=O) groups is 1. The number of aldehydes is 1. The van der Waals surface area contributed by atoms with Crippen LogP contribution in [0.1, 0.15) is 95.5 Å². The average molecular weight is 502 g/mol. The first kappa shape index (κ1) is 35.7. The lowest BCUT2D eigenvalue weighted by Crippen LogP contribution is -2.07. The highest BCUT2D eigenvalue weighted by molar-refractivity contribution is 5.71. The molecule has 0 saturated heterocycles. The lowest BCUT2D eigenvalue weighted by atomic mass is 9.92. The summed E-state index contributed by atoms with van der Waals surface area (Å²) in [6.07, 6.45) is 13.5. The molecule has 1 aromatic rings. The number of aliphatic hydroxyl groups excluding tert-OH is 1. The van der Waals surface area contributed by atoms with Gasteiger partial charge in [0.25, 0.3) is 0 Å². The predicted molar refractivity (Wildman–Crippen MR) is 158 cm³/mol. The molecule has 0 aromatic heterocycles. The smallest absolute Gasteiger partial charge is 0.116 e. The highest BCUT2D eigenvalue weighted by atomic mass is 19.1. The highest BCUT2D eigenvalue weighted by Crippen LogP contribution is 2.40. The SMILES string of the molecule is C=C/C=C(\O)C1Cc2cc(C=C)c(/C=C(\C)C3CC3)c(C)c2C1.CC.CC=O.CCC(C)(C)F.CN. The Morgan fingerprint density at radius 1 is 1.19 bits per heavy atom. The molecule has 2 aliphatic rings. The molecule has 0 amide bonds. The molecule has 0 aliphatic heterocycles. The van der Waals surface area contributed by atoms with Crippen molar-refractivity contribution in [1.29, 1.82) is 0 Å². The van der Waals surface area contributed by atoms with E-state index in [2.05, 4.69) is 44.9 Å².